The van der Waals surface area contributed by atoms with Crippen molar-refractivity contribution in [2.45, 2.75) is 39.3 Å². The van der Waals surface area contributed by atoms with Crippen LogP contribution in [0, 0.1) is 6.92 Å². The molecule has 112 valence electrons. The summed E-state index contributed by atoms with van der Waals surface area (Å²) in [7, 11) is 2.11. The van der Waals surface area contributed by atoms with Crippen molar-refractivity contribution in [2.75, 3.05) is 7.05 Å². The monoisotopic (exact) mass is 303 g/mol. The van der Waals surface area contributed by atoms with Gasteiger partial charge in [-0.05, 0) is 44.2 Å². The fourth-order valence-corrected chi connectivity index (χ4v) is 2.75. The molecule has 0 aliphatic carbocycles. The van der Waals surface area contributed by atoms with E-state index in [0.29, 0.717) is 0 Å². The van der Waals surface area contributed by atoms with E-state index in [1.165, 1.54) is 5.56 Å². The summed E-state index contributed by atoms with van der Waals surface area (Å²) < 4.78 is 0. The van der Waals surface area contributed by atoms with E-state index < -0.39 is 0 Å². The molecule has 0 aliphatic heterocycles. The molecule has 0 fully saturated rings. The van der Waals surface area contributed by atoms with Crippen LogP contribution in [0.5, 0.6) is 0 Å². The molecule has 0 radical (unpaired) electrons. The standard InChI is InChI=1S/C17H22ClN3/c1-4-7-16(17-13(2)8-5-11-20-17)21(3)12-15-14(18)9-6-10-19-15/h5-6,8-11,16H,4,7,12H2,1-3H3. The van der Waals surface area contributed by atoms with Gasteiger partial charge in [-0.1, -0.05) is 31.0 Å². The lowest BCUT2D eigenvalue weighted by molar-refractivity contribution is 0.216. The molecule has 4 heteroatoms. The van der Waals surface area contributed by atoms with E-state index in [2.05, 4.69) is 41.8 Å². The first-order valence-electron chi connectivity index (χ1n) is 7.34. The summed E-state index contributed by atoms with van der Waals surface area (Å²) in [5.41, 5.74) is 3.29. The molecule has 2 aromatic heterocycles. The molecule has 3 nitrogen and oxygen atoms in total. The van der Waals surface area contributed by atoms with Gasteiger partial charge in [-0.25, -0.2) is 0 Å². The van der Waals surface area contributed by atoms with Crippen LogP contribution in [0.4, 0.5) is 0 Å². The molecule has 0 spiro atoms. The van der Waals surface area contributed by atoms with Gasteiger partial charge in [0.15, 0.2) is 0 Å². The Labute approximate surface area is 132 Å². The average molecular weight is 304 g/mol. The summed E-state index contributed by atoms with van der Waals surface area (Å²) in [6.07, 6.45) is 5.84. The van der Waals surface area contributed by atoms with Crippen LogP contribution >= 0.6 is 11.6 Å². The second-order valence-electron chi connectivity index (χ2n) is 5.36. The van der Waals surface area contributed by atoms with Gasteiger partial charge in [0.05, 0.1) is 22.5 Å². The van der Waals surface area contributed by atoms with Gasteiger partial charge in [-0.2, -0.15) is 0 Å². The van der Waals surface area contributed by atoms with Gasteiger partial charge < -0.3 is 0 Å². The lowest BCUT2D eigenvalue weighted by Gasteiger charge is -2.28. The average Bonchev–Trinajstić information content (AvgIpc) is 2.48. The van der Waals surface area contributed by atoms with Crippen LogP contribution in [0.25, 0.3) is 0 Å². The third-order valence-electron chi connectivity index (χ3n) is 3.69. The summed E-state index contributed by atoms with van der Waals surface area (Å²) in [4.78, 5) is 11.3. The van der Waals surface area contributed by atoms with E-state index in [0.717, 1.165) is 35.8 Å². The fraction of sp³-hybridized carbons (Fsp3) is 0.412. The highest BCUT2D eigenvalue weighted by Gasteiger charge is 2.20. The summed E-state index contributed by atoms with van der Waals surface area (Å²) in [5.74, 6) is 0. The van der Waals surface area contributed by atoms with Crippen LogP contribution in [0.3, 0.4) is 0 Å². The normalized spacial score (nSPS) is 12.6. The molecule has 0 aromatic carbocycles. The van der Waals surface area contributed by atoms with Crippen LogP contribution < -0.4 is 0 Å². The van der Waals surface area contributed by atoms with Crippen molar-refractivity contribution in [3.63, 3.8) is 0 Å². The SMILES string of the molecule is CCCC(c1ncccc1C)N(C)Cc1ncccc1Cl. The number of aryl methyl sites for hydroxylation is 1. The molecule has 21 heavy (non-hydrogen) atoms. The number of nitrogens with zero attached hydrogens (tertiary/aromatic N) is 3. The van der Waals surface area contributed by atoms with Gasteiger partial charge >= 0.3 is 0 Å². The maximum atomic E-state index is 6.22. The van der Waals surface area contributed by atoms with Crippen LogP contribution in [-0.4, -0.2) is 21.9 Å². The lowest BCUT2D eigenvalue weighted by atomic mass is 10.0. The van der Waals surface area contributed by atoms with Crippen LogP contribution in [0.1, 0.15) is 42.8 Å². The molecule has 0 bridgehead atoms. The summed E-state index contributed by atoms with van der Waals surface area (Å²) in [6.45, 7) is 5.04. The van der Waals surface area contributed by atoms with Gasteiger partial charge in [-0.15, -0.1) is 0 Å². The molecule has 2 aromatic rings. The van der Waals surface area contributed by atoms with Gasteiger partial charge in [-0.3, -0.25) is 14.9 Å². The molecule has 0 amide bonds. The maximum absolute atomic E-state index is 6.22. The predicted octanol–water partition coefficient (Wildman–Crippen LogP) is 4.41. The van der Waals surface area contributed by atoms with Gasteiger partial charge in [0.1, 0.15) is 0 Å². The second-order valence-corrected chi connectivity index (χ2v) is 5.76. The third kappa shape index (κ3) is 4.02. The minimum Gasteiger partial charge on any atom is -0.292 e. The Morgan fingerprint density at radius 1 is 1.19 bits per heavy atom. The molecular weight excluding hydrogens is 282 g/mol. The second kappa shape index (κ2) is 7.53. The van der Waals surface area contributed by atoms with Crippen molar-refractivity contribution in [1.82, 2.24) is 14.9 Å². The van der Waals surface area contributed by atoms with Gasteiger partial charge in [0.25, 0.3) is 0 Å². The number of aromatic nitrogens is 2. The zero-order valence-corrected chi connectivity index (χ0v) is 13.6. The molecule has 0 aliphatic rings. The highest BCUT2D eigenvalue weighted by Crippen LogP contribution is 2.27. The minimum atomic E-state index is 0.286. The van der Waals surface area contributed by atoms with Crippen LogP contribution in [0.15, 0.2) is 36.7 Å². The first kappa shape index (κ1) is 15.9. The molecule has 2 rings (SSSR count). The van der Waals surface area contributed by atoms with Crippen molar-refractivity contribution in [3.05, 3.63) is 58.6 Å². The molecule has 2 heterocycles. The van der Waals surface area contributed by atoms with Crippen molar-refractivity contribution < 1.29 is 0 Å². The minimum absolute atomic E-state index is 0.286. The maximum Gasteiger partial charge on any atom is 0.0729 e. The molecule has 0 saturated carbocycles. The number of pyridine rings is 2. The number of rotatable bonds is 6. The topological polar surface area (TPSA) is 29.0 Å². The molecule has 1 atom stereocenters. The zero-order chi connectivity index (χ0) is 15.2. The predicted molar refractivity (Wildman–Crippen MR) is 87.3 cm³/mol. The Bertz CT molecular complexity index is 586. The van der Waals surface area contributed by atoms with Crippen molar-refractivity contribution >= 4 is 11.6 Å². The molecule has 1 unspecified atom stereocenters. The van der Waals surface area contributed by atoms with E-state index in [1.807, 2.05) is 24.4 Å². The number of hydrogen-bond donors (Lipinski definition) is 0. The van der Waals surface area contributed by atoms with E-state index >= 15 is 0 Å². The van der Waals surface area contributed by atoms with Crippen LogP contribution in [-0.2, 0) is 6.54 Å². The highest BCUT2D eigenvalue weighted by atomic mass is 35.5. The quantitative estimate of drug-likeness (QED) is 0.791. The van der Waals surface area contributed by atoms with E-state index in [-0.39, 0.29) is 6.04 Å². The zero-order valence-electron chi connectivity index (χ0n) is 12.9. The van der Waals surface area contributed by atoms with E-state index in [1.54, 1.807) is 6.20 Å². The first-order valence-corrected chi connectivity index (χ1v) is 7.72. The largest absolute Gasteiger partial charge is 0.292 e. The Kier molecular flexibility index (Phi) is 5.71. The highest BCUT2D eigenvalue weighted by molar-refractivity contribution is 6.31. The van der Waals surface area contributed by atoms with E-state index in [4.69, 9.17) is 11.6 Å². The Hall–Kier alpha value is -1.45. The molecule has 0 N–H and O–H groups in total. The number of hydrogen-bond acceptors (Lipinski definition) is 3. The smallest absolute Gasteiger partial charge is 0.0729 e. The third-order valence-corrected chi connectivity index (χ3v) is 4.04. The summed E-state index contributed by atoms with van der Waals surface area (Å²) in [5, 5.41) is 0.720. The lowest BCUT2D eigenvalue weighted by Crippen LogP contribution is -2.26. The Morgan fingerprint density at radius 2 is 1.90 bits per heavy atom. The van der Waals surface area contributed by atoms with E-state index in [9.17, 15) is 0 Å². The van der Waals surface area contributed by atoms with Crippen molar-refractivity contribution in [3.8, 4) is 0 Å². The first-order chi connectivity index (χ1) is 10.1. The summed E-state index contributed by atoms with van der Waals surface area (Å²) >= 11 is 6.22. The molecular formula is C17H22ClN3. The van der Waals surface area contributed by atoms with Gasteiger partial charge in [0, 0.05) is 18.9 Å². The van der Waals surface area contributed by atoms with Crippen molar-refractivity contribution in [2.24, 2.45) is 0 Å². The molecule has 0 saturated heterocycles. The summed E-state index contributed by atoms with van der Waals surface area (Å²) in [6, 6.07) is 8.13. The fourth-order valence-electron chi connectivity index (χ4n) is 2.57. The van der Waals surface area contributed by atoms with Crippen molar-refractivity contribution in [1.29, 1.82) is 0 Å². The Balaban J connectivity index is 2.22. The number of halogens is 1. The van der Waals surface area contributed by atoms with Gasteiger partial charge in [0.2, 0.25) is 0 Å². The Morgan fingerprint density at radius 3 is 2.57 bits per heavy atom. The van der Waals surface area contributed by atoms with Crippen LogP contribution in [0.2, 0.25) is 5.02 Å².